The average Bonchev–Trinajstić information content (AvgIpc) is 3.20. The van der Waals surface area contributed by atoms with E-state index < -0.39 is 10.0 Å². The Morgan fingerprint density at radius 3 is 2.35 bits per heavy atom. The Balaban J connectivity index is 1.73. The third-order valence-corrected chi connectivity index (χ3v) is 6.36. The minimum Gasteiger partial charge on any atom is -0.350 e. The topological polar surface area (TPSA) is 93.1 Å². The smallest absolute Gasteiger partial charge is 0.227 e. The standard InChI is InChI=1S/C25H31ClN4O3S/c1-17(19-11-9-18(10-12-19)15-28-34(5,32)33)24(31)27-16-22-14-23(25(2,3)4)29-30(22)21-8-6-7-20(26)13-21/h6-14,17,28H,15-16H2,1-5H3,(H,27,31). The van der Waals surface area contributed by atoms with Gasteiger partial charge in [0.15, 0.2) is 0 Å². The minimum absolute atomic E-state index is 0.113. The second-order valence-electron chi connectivity index (χ2n) is 9.44. The highest BCUT2D eigenvalue weighted by molar-refractivity contribution is 7.88. The van der Waals surface area contributed by atoms with Gasteiger partial charge in [-0.15, -0.1) is 0 Å². The molecule has 1 unspecified atom stereocenters. The summed E-state index contributed by atoms with van der Waals surface area (Å²) in [6.45, 7) is 8.65. The van der Waals surface area contributed by atoms with Crippen LogP contribution in [0, 0.1) is 0 Å². The first-order valence-electron chi connectivity index (χ1n) is 11.0. The van der Waals surface area contributed by atoms with Crippen molar-refractivity contribution in [2.45, 2.75) is 52.1 Å². The number of aromatic nitrogens is 2. The van der Waals surface area contributed by atoms with Crippen LogP contribution in [0.3, 0.4) is 0 Å². The monoisotopic (exact) mass is 502 g/mol. The number of benzene rings is 2. The predicted octanol–water partition coefficient (Wildman–Crippen LogP) is 4.29. The Morgan fingerprint density at radius 2 is 1.76 bits per heavy atom. The number of nitrogens with zero attached hydrogens (tertiary/aromatic N) is 2. The van der Waals surface area contributed by atoms with Crippen LogP contribution >= 0.6 is 11.6 Å². The molecule has 1 aromatic heterocycles. The molecule has 0 saturated carbocycles. The maximum atomic E-state index is 12.9. The van der Waals surface area contributed by atoms with Gasteiger partial charge in [0.05, 0.1) is 35.8 Å². The summed E-state index contributed by atoms with van der Waals surface area (Å²) in [6, 6.07) is 16.8. The molecular formula is C25H31ClN4O3S. The molecule has 0 aliphatic heterocycles. The van der Waals surface area contributed by atoms with E-state index in [4.69, 9.17) is 16.7 Å². The van der Waals surface area contributed by atoms with Crippen molar-refractivity contribution in [2.75, 3.05) is 6.26 Å². The van der Waals surface area contributed by atoms with Crippen molar-refractivity contribution < 1.29 is 13.2 Å². The van der Waals surface area contributed by atoms with E-state index in [1.807, 2.05) is 66.2 Å². The largest absolute Gasteiger partial charge is 0.350 e. The van der Waals surface area contributed by atoms with E-state index in [1.54, 1.807) is 0 Å². The molecule has 0 aliphatic rings. The molecule has 1 heterocycles. The van der Waals surface area contributed by atoms with Crippen molar-refractivity contribution >= 4 is 27.5 Å². The number of hydrogen-bond acceptors (Lipinski definition) is 4. The van der Waals surface area contributed by atoms with Crippen LogP contribution in [-0.2, 0) is 33.3 Å². The summed E-state index contributed by atoms with van der Waals surface area (Å²) in [5.41, 5.74) is 4.13. The molecule has 7 nitrogen and oxygen atoms in total. The number of sulfonamides is 1. The Morgan fingerprint density at radius 1 is 1.09 bits per heavy atom. The number of hydrogen-bond donors (Lipinski definition) is 2. The fraction of sp³-hybridized carbons (Fsp3) is 0.360. The molecule has 2 N–H and O–H groups in total. The molecule has 3 rings (SSSR count). The zero-order valence-corrected chi connectivity index (χ0v) is 21.7. The lowest BCUT2D eigenvalue weighted by atomic mass is 9.92. The van der Waals surface area contributed by atoms with E-state index in [2.05, 4.69) is 30.8 Å². The van der Waals surface area contributed by atoms with Gasteiger partial charge in [0, 0.05) is 17.0 Å². The summed E-state index contributed by atoms with van der Waals surface area (Å²) in [6.07, 6.45) is 1.12. The molecular weight excluding hydrogens is 472 g/mol. The van der Waals surface area contributed by atoms with Gasteiger partial charge in [-0.05, 0) is 42.3 Å². The minimum atomic E-state index is -3.26. The third kappa shape index (κ3) is 6.91. The third-order valence-electron chi connectivity index (χ3n) is 5.46. The molecule has 0 saturated heterocycles. The molecule has 0 radical (unpaired) electrons. The van der Waals surface area contributed by atoms with Crippen molar-refractivity contribution in [3.8, 4) is 5.69 Å². The molecule has 1 amide bonds. The van der Waals surface area contributed by atoms with E-state index in [0.717, 1.165) is 34.5 Å². The predicted molar refractivity (Wildman–Crippen MR) is 136 cm³/mol. The highest BCUT2D eigenvalue weighted by atomic mass is 35.5. The summed E-state index contributed by atoms with van der Waals surface area (Å²) in [5, 5.41) is 8.41. The zero-order chi connectivity index (χ0) is 25.1. The van der Waals surface area contributed by atoms with Gasteiger partial charge in [0.2, 0.25) is 15.9 Å². The second-order valence-corrected chi connectivity index (χ2v) is 11.7. The van der Waals surface area contributed by atoms with Crippen molar-refractivity contribution in [3.05, 3.63) is 82.1 Å². The number of nitrogens with one attached hydrogen (secondary N) is 2. The van der Waals surface area contributed by atoms with E-state index in [-0.39, 0.29) is 23.8 Å². The molecule has 0 bridgehead atoms. The van der Waals surface area contributed by atoms with Gasteiger partial charge >= 0.3 is 0 Å². The van der Waals surface area contributed by atoms with E-state index >= 15 is 0 Å². The molecule has 0 spiro atoms. The van der Waals surface area contributed by atoms with Gasteiger partial charge in [-0.1, -0.05) is 62.7 Å². The van der Waals surface area contributed by atoms with Crippen molar-refractivity contribution in [1.29, 1.82) is 0 Å². The van der Waals surface area contributed by atoms with Gasteiger partial charge in [0.1, 0.15) is 0 Å². The van der Waals surface area contributed by atoms with E-state index in [1.165, 1.54) is 0 Å². The molecule has 2 aromatic carbocycles. The summed E-state index contributed by atoms with van der Waals surface area (Å²) in [5.74, 6) is -0.486. The Bertz CT molecular complexity index is 1260. The highest BCUT2D eigenvalue weighted by Crippen LogP contribution is 2.25. The number of carbonyl (C=O) groups is 1. The molecule has 34 heavy (non-hydrogen) atoms. The van der Waals surface area contributed by atoms with E-state index in [0.29, 0.717) is 11.6 Å². The lowest BCUT2D eigenvalue weighted by molar-refractivity contribution is -0.122. The van der Waals surface area contributed by atoms with Crippen LogP contribution in [0.25, 0.3) is 5.69 Å². The summed E-state index contributed by atoms with van der Waals surface area (Å²) >= 11 is 6.19. The first-order chi connectivity index (χ1) is 15.8. The van der Waals surface area contributed by atoms with Gasteiger partial charge in [-0.3, -0.25) is 4.79 Å². The van der Waals surface area contributed by atoms with Gasteiger partial charge in [-0.2, -0.15) is 5.10 Å². The van der Waals surface area contributed by atoms with Crippen LogP contribution in [0.4, 0.5) is 0 Å². The molecule has 3 aromatic rings. The first-order valence-corrected chi connectivity index (χ1v) is 13.3. The van der Waals surface area contributed by atoms with Crippen molar-refractivity contribution in [2.24, 2.45) is 0 Å². The molecule has 9 heteroatoms. The van der Waals surface area contributed by atoms with E-state index in [9.17, 15) is 13.2 Å². The van der Waals surface area contributed by atoms with Gasteiger partial charge < -0.3 is 5.32 Å². The van der Waals surface area contributed by atoms with Crippen molar-refractivity contribution in [1.82, 2.24) is 19.8 Å². The Labute approximate surface area is 206 Å². The lowest BCUT2D eigenvalue weighted by Gasteiger charge is -2.14. The quantitative estimate of drug-likeness (QED) is 0.480. The Hall–Kier alpha value is -2.68. The molecule has 0 aliphatic carbocycles. The number of halogens is 1. The van der Waals surface area contributed by atoms with Gasteiger partial charge in [-0.25, -0.2) is 17.8 Å². The zero-order valence-electron chi connectivity index (χ0n) is 20.1. The van der Waals surface area contributed by atoms with Crippen LogP contribution in [-0.4, -0.2) is 30.4 Å². The Kier molecular flexibility index (Phi) is 7.85. The number of carbonyl (C=O) groups excluding carboxylic acids is 1. The van der Waals surface area contributed by atoms with Crippen LogP contribution < -0.4 is 10.0 Å². The summed E-state index contributed by atoms with van der Waals surface area (Å²) in [4.78, 5) is 12.9. The van der Waals surface area contributed by atoms with Crippen LogP contribution in [0.5, 0.6) is 0 Å². The van der Waals surface area contributed by atoms with Gasteiger partial charge in [0.25, 0.3) is 0 Å². The second kappa shape index (κ2) is 10.3. The van der Waals surface area contributed by atoms with Crippen LogP contribution in [0.15, 0.2) is 54.6 Å². The maximum Gasteiger partial charge on any atom is 0.227 e. The van der Waals surface area contributed by atoms with Crippen LogP contribution in [0.1, 0.15) is 56.1 Å². The normalized spacial score (nSPS) is 13.0. The fourth-order valence-electron chi connectivity index (χ4n) is 3.36. The number of rotatable bonds is 8. The lowest BCUT2D eigenvalue weighted by Crippen LogP contribution is -2.28. The molecule has 182 valence electrons. The SMILES string of the molecule is CC(C(=O)NCc1cc(C(C)(C)C)nn1-c1cccc(Cl)c1)c1ccc(CNS(C)(=O)=O)cc1. The van der Waals surface area contributed by atoms with Crippen LogP contribution in [0.2, 0.25) is 5.02 Å². The molecule has 1 atom stereocenters. The maximum absolute atomic E-state index is 12.9. The number of amides is 1. The molecule has 0 fully saturated rings. The average molecular weight is 503 g/mol. The highest BCUT2D eigenvalue weighted by Gasteiger charge is 2.22. The first kappa shape index (κ1) is 25.9. The summed E-state index contributed by atoms with van der Waals surface area (Å²) in [7, 11) is -3.26. The van der Waals surface area contributed by atoms with Crippen molar-refractivity contribution in [3.63, 3.8) is 0 Å². The summed E-state index contributed by atoms with van der Waals surface area (Å²) < 4.78 is 26.8. The fourth-order valence-corrected chi connectivity index (χ4v) is 3.98.